The van der Waals surface area contributed by atoms with E-state index < -0.39 is 171 Å². The fourth-order valence-corrected chi connectivity index (χ4v) is 14.5. The van der Waals surface area contributed by atoms with Gasteiger partial charge in [0.05, 0.1) is 5.60 Å². The van der Waals surface area contributed by atoms with Gasteiger partial charge in [-0.15, -0.1) is 0 Å². The lowest BCUT2D eigenvalue weighted by Crippen LogP contribution is -2.93. The van der Waals surface area contributed by atoms with Crippen LogP contribution in [0.4, 0.5) is 0 Å². The van der Waals surface area contributed by atoms with E-state index in [0.29, 0.717) is 0 Å². The molecule has 0 aromatic heterocycles. The molecule has 0 radical (unpaired) electrons. The monoisotopic (exact) mass is 1260 g/mol. The smallest absolute Gasteiger partial charge is 0.338 e. The Kier molecular flexibility index (Phi) is 15.9. The summed E-state index contributed by atoms with van der Waals surface area (Å²) in [7, 11) is 1.01. The number of carboxylic acids is 5. The molecule has 5 aliphatic heterocycles. The van der Waals surface area contributed by atoms with Gasteiger partial charge in [-0.1, -0.05) is 0 Å². The van der Waals surface area contributed by atoms with Crippen molar-refractivity contribution in [1.29, 1.82) is 0 Å². The highest BCUT2D eigenvalue weighted by Gasteiger charge is 2.89. The zero-order chi connectivity index (χ0) is 69.5. The molecule has 11 unspecified atom stereocenters. The van der Waals surface area contributed by atoms with Crippen LogP contribution in [0, 0.1) is 0 Å². The molecular weight excluding hydrogens is 1160 g/mol. The molecule has 0 aromatic rings. The molecule has 504 valence electrons. The molecular formula is C57H96O30. The second-order valence-electron chi connectivity index (χ2n) is 29.0. The maximum atomic E-state index is 14.2. The predicted octanol–water partition coefficient (Wildman–Crippen LogP) is 0.0136. The normalized spacial score (nSPS) is 58.7. The van der Waals surface area contributed by atoms with Gasteiger partial charge in [-0.25, -0.2) is 24.0 Å². The molecule has 0 aromatic carbocycles. The Bertz CT molecular complexity index is 2890. The Labute approximate surface area is 504 Å². The van der Waals surface area contributed by atoms with E-state index in [4.69, 9.17) is 47.4 Å². The molecule has 0 bridgehead atoms. The van der Waals surface area contributed by atoms with Gasteiger partial charge in [-0.05, 0) is 180 Å². The van der Waals surface area contributed by atoms with E-state index in [1.54, 1.807) is 0 Å². The summed E-state index contributed by atoms with van der Waals surface area (Å²) in [5, 5.41) is 183. The summed E-state index contributed by atoms with van der Waals surface area (Å²) in [5.74, 6) is -22.6. The van der Waals surface area contributed by atoms with Crippen molar-refractivity contribution in [2.45, 2.75) is 321 Å². The van der Waals surface area contributed by atoms with Crippen LogP contribution < -0.4 is 0 Å². The van der Waals surface area contributed by atoms with Crippen molar-refractivity contribution in [2.24, 2.45) is 0 Å². The van der Waals surface area contributed by atoms with Crippen molar-refractivity contribution in [3.8, 4) is 0 Å². The Hall–Kier alpha value is -3.45. The second kappa shape index (κ2) is 18.7. The molecule has 0 aliphatic carbocycles. The van der Waals surface area contributed by atoms with Crippen molar-refractivity contribution >= 4 is 29.8 Å². The quantitative estimate of drug-likeness (QED) is 0.109. The number of ether oxygens (including phenoxy) is 10. The van der Waals surface area contributed by atoms with Crippen LogP contribution in [0.15, 0.2) is 0 Å². The van der Waals surface area contributed by atoms with Crippen molar-refractivity contribution < 1.29 is 148 Å². The number of carbonyl (C=O) groups is 5. The first-order valence-corrected chi connectivity index (χ1v) is 27.9. The number of hydrogen-bond donors (Lipinski definition) is 15. The average Bonchev–Trinajstić information content (AvgIpc) is 0.681. The first-order chi connectivity index (χ1) is 37.6. The number of methoxy groups -OCH3 is 1. The van der Waals surface area contributed by atoms with Gasteiger partial charge in [0.25, 0.3) is 0 Å². The van der Waals surface area contributed by atoms with Gasteiger partial charge in [-0.2, -0.15) is 0 Å². The number of hydrogen-bond acceptors (Lipinski definition) is 25. The minimum atomic E-state index is -3.38. The second-order valence-corrected chi connectivity index (χ2v) is 29.0. The molecule has 5 saturated heterocycles. The average molecular weight is 1260 g/mol. The van der Waals surface area contributed by atoms with E-state index in [-0.39, 0.29) is 0 Å². The molecule has 5 rings (SSSR count). The van der Waals surface area contributed by atoms with Gasteiger partial charge >= 0.3 is 29.8 Å². The third-order valence-corrected chi connectivity index (χ3v) is 24.7. The summed E-state index contributed by atoms with van der Waals surface area (Å²) >= 11 is 0. The summed E-state index contributed by atoms with van der Waals surface area (Å²) in [5.41, 5.74) is -62.6. The molecule has 5 heterocycles. The van der Waals surface area contributed by atoms with Gasteiger partial charge in [0, 0.05) is 7.11 Å². The molecule has 5 fully saturated rings. The summed E-state index contributed by atoms with van der Waals surface area (Å²) < 4.78 is 62.4. The maximum absolute atomic E-state index is 14.2. The Balaban J connectivity index is 1.73. The lowest BCUT2D eigenvalue weighted by atomic mass is 9.57. The van der Waals surface area contributed by atoms with Crippen molar-refractivity contribution in [3.05, 3.63) is 0 Å². The molecule has 0 spiro atoms. The van der Waals surface area contributed by atoms with Crippen LogP contribution in [-0.2, 0) is 71.3 Å². The Morgan fingerprint density at radius 1 is 0.241 bits per heavy atom. The van der Waals surface area contributed by atoms with Crippen molar-refractivity contribution in [3.63, 3.8) is 0 Å². The number of aliphatic hydroxyl groups is 10. The fourth-order valence-electron chi connectivity index (χ4n) is 14.5. The molecule has 5 aliphatic rings. The van der Waals surface area contributed by atoms with Crippen LogP contribution in [0.5, 0.6) is 0 Å². The topological polar surface area (TPSA) is 481 Å². The van der Waals surface area contributed by atoms with Gasteiger partial charge in [-0.3, -0.25) is 0 Å². The van der Waals surface area contributed by atoms with E-state index in [2.05, 4.69) is 0 Å². The SMILES string of the molecule is CO[C@]1(C)C(C)(C(=O)O)O[C@@](C)(O[C@@]2(C)C(C)(O)C(C)(O)[C@](C)(O[C@]3(C)C(C)(C(=O)O)O[C@@](C)(O[C@]4(C)C(C)(C(=O)O)O[C@@](C)(O[C@]5(C)C(C)(C(=O)O)OC(C)(C)C(C)(O)[C@]5(C)O)C(C)(O)C4(C)O)C(C)(O)[C@@]3(C)O)O[C@@]2(C)C(=O)O)C(C)(O)[C@]1(C)O. The highest BCUT2D eigenvalue weighted by Crippen LogP contribution is 2.68. The fraction of sp³-hybridized carbons (Fsp3) is 0.912. The molecule has 87 heavy (non-hydrogen) atoms. The van der Waals surface area contributed by atoms with E-state index in [1.165, 1.54) is 13.8 Å². The molecule has 15 N–H and O–H groups in total. The highest BCUT2D eigenvalue weighted by molar-refractivity contribution is 5.83. The lowest BCUT2D eigenvalue weighted by Gasteiger charge is -2.73. The highest BCUT2D eigenvalue weighted by atomic mass is 16.8. The van der Waals surface area contributed by atoms with Crippen molar-refractivity contribution in [2.75, 3.05) is 7.11 Å². The largest absolute Gasteiger partial charge is 0.479 e. The van der Waals surface area contributed by atoms with Gasteiger partial charge < -0.3 is 124 Å². The van der Waals surface area contributed by atoms with Crippen LogP contribution in [0.1, 0.15) is 180 Å². The van der Waals surface area contributed by atoms with Gasteiger partial charge in [0.1, 0.15) is 84.0 Å². The van der Waals surface area contributed by atoms with Crippen LogP contribution >= 0.6 is 0 Å². The lowest BCUT2D eigenvalue weighted by molar-refractivity contribution is -0.543. The van der Waals surface area contributed by atoms with Crippen LogP contribution in [0.25, 0.3) is 0 Å². The first-order valence-electron chi connectivity index (χ1n) is 27.9. The summed E-state index contributed by atoms with van der Waals surface area (Å²) in [6.45, 7) is 23.1. The molecule has 30 heteroatoms. The third kappa shape index (κ3) is 7.71. The minimum absolute atomic E-state index is 0.718. The number of carboxylic acid groups (broad SMARTS) is 5. The number of rotatable bonds is 14. The van der Waals surface area contributed by atoms with Crippen molar-refractivity contribution in [1.82, 2.24) is 0 Å². The number of aliphatic carboxylic acids is 5. The summed E-state index contributed by atoms with van der Waals surface area (Å²) in [6.07, 6.45) is 0. The summed E-state index contributed by atoms with van der Waals surface area (Å²) in [6, 6.07) is 0. The minimum Gasteiger partial charge on any atom is -0.479 e. The predicted molar refractivity (Wildman–Crippen MR) is 293 cm³/mol. The molecule has 0 saturated carbocycles. The molecule has 0 amide bonds. The van der Waals surface area contributed by atoms with Gasteiger partial charge in [0.15, 0.2) is 51.2 Å². The standard InChI is InChI=1S/C57H96O30/c1-33(2)39(8,68)40(9,69)50(19,35(4,79-33)29(60)61)84-55(24)46(15,75)42(11,71)52(21,37(6,81-55)31(64)65)86-57(26)48(17,77)44(13,73)53(22,38(7,83-57)32(66)67)87-56(25)47(16,76)43(12,72)51(20,36(5,82-56)30(62)63)85-54(23)45(14,74)41(10,70)49(18,78-27)34(3,80-54)28(58)59/h68-77H,1-27H3,(H,58,59)(H,60,61)(H,62,63)(H,64,65)(H,66,67)/t34?,35?,36-,37?,38?,39?,40-,41-,42?,43?,44+,45?,46?,47?,48?,49+,50+,51+,52+,53+,54-,55-,56-,57-/m0/s1. The Morgan fingerprint density at radius 2 is 0.391 bits per heavy atom. The third-order valence-electron chi connectivity index (χ3n) is 24.7. The summed E-state index contributed by atoms with van der Waals surface area (Å²) in [4.78, 5) is 68.8. The maximum Gasteiger partial charge on any atom is 0.338 e. The zero-order valence-electron chi connectivity index (χ0n) is 54.8. The van der Waals surface area contributed by atoms with E-state index >= 15 is 0 Å². The molecule has 24 atom stereocenters. The van der Waals surface area contributed by atoms with E-state index in [9.17, 15) is 101 Å². The molecule has 30 nitrogen and oxygen atoms in total. The van der Waals surface area contributed by atoms with Crippen LogP contribution in [-0.4, -0.2) is 254 Å². The van der Waals surface area contributed by atoms with Gasteiger partial charge in [0.2, 0.25) is 0 Å². The Morgan fingerprint density at radius 3 is 0.563 bits per heavy atom. The van der Waals surface area contributed by atoms with E-state index in [0.717, 1.165) is 173 Å². The van der Waals surface area contributed by atoms with Crippen LogP contribution in [0.3, 0.4) is 0 Å². The zero-order valence-corrected chi connectivity index (χ0v) is 54.8. The van der Waals surface area contributed by atoms with E-state index in [1.807, 2.05) is 0 Å². The van der Waals surface area contributed by atoms with Crippen LogP contribution in [0.2, 0.25) is 0 Å². The first kappa shape index (κ1) is 74.3.